The topological polar surface area (TPSA) is 56.6 Å². The van der Waals surface area contributed by atoms with Crippen molar-refractivity contribution in [3.8, 4) is 6.07 Å². The lowest BCUT2D eigenvalue weighted by Crippen LogP contribution is -2.48. The lowest BCUT2D eigenvalue weighted by atomic mass is 9.86. The van der Waals surface area contributed by atoms with E-state index in [4.69, 9.17) is 4.74 Å². The molecule has 5 nitrogen and oxygen atoms in total. The quantitative estimate of drug-likeness (QED) is 0.795. The van der Waals surface area contributed by atoms with E-state index in [1.807, 2.05) is 4.90 Å². The first-order valence-electron chi connectivity index (χ1n) is 8.72. The van der Waals surface area contributed by atoms with E-state index in [2.05, 4.69) is 17.9 Å². The number of nitrogens with zero attached hydrogens (tertiary/aromatic N) is 3. The van der Waals surface area contributed by atoms with Crippen LogP contribution in [0.5, 0.6) is 0 Å². The third kappa shape index (κ3) is 2.75. The van der Waals surface area contributed by atoms with Gasteiger partial charge < -0.3 is 9.64 Å². The molecule has 2 aliphatic heterocycles. The van der Waals surface area contributed by atoms with E-state index in [1.54, 1.807) is 0 Å². The van der Waals surface area contributed by atoms with Crippen molar-refractivity contribution in [1.29, 1.82) is 5.26 Å². The van der Waals surface area contributed by atoms with Crippen LogP contribution < -0.4 is 0 Å². The first-order chi connectivity index (χ1) is 10.7. The third-order valence-corrected chi connectivity index (χ3v) is 5.81. The van der Waals surface area contributed by atoms with E-state index < -0.39 is 5.41 Å². The van der Waals surface area contributed by atoms with Gasteiger partial charge in [0.25, 0.3) is 0 Å². The number of ether oxygens (including phenoxy) is 1. The van der Waals surface area contributed by atoms with Crippen molar-refractivity contribution in [3.05, 3.63) is 0 Å². The molecule has 0 aromatic rings. The van der Waals surface area contributed by atoms with Crippen LogP contribution in [-0.4, -0.2) is 61.1 Å². The van der Waals surface area contributed by atoms with Crippen molar-refractivity contribution in [2.45, 2.75) is 45.1 Å². The van der Waals surface area contributed by atoms with Gasteiger partial charge in [0.15, 0.2) is 0 Å². The van der Waals surface area contributed by atoms with Crippen molar-refractivity contribution in [3.63, 3.8) is 0 Å². The fourth-order valence-electron chi connectivity index (χ4n) is 4.40. The lowest BCUT2D eigenvalue weighted by molar-refractivity contribution is -0.138. The molecule has 122 valence electrons. The van der Waals surface area contributed by atoms with Gasteiger partial charge in [-0.15, -0.1) is 0 Å². The van der Waals surface area contributed by atoms with E-state index >= 15 is 0 Å². The van der Waals surface area contributed by atoms with Crippen molar-refractivity contribution in [2.24, 2.45) is 11.3 Å². The van der Waals surface area contributed by atoms with Gasteiger partial charge >= 0.3 is 0 Å². The highest BCUT2D eigenvalue weighted by Gasteiger charge is 2.47. The molecule has 0 bridgehead atoms. The number of nitriles is 1. The summed E-state index contributed by atoms with van der Waals surface area (Å²) in [4.78, 5) is 17.4. The second-order valence-corrected chi connectivity index (χ2v) is 7.00. The standard InChI is InChI=1S/C17H27N3O2/c1-2-14-11-20(12-15(14)19-7-9-22-10-8-19)16(21)17(13-18)5-3-4-6-17/h14-15H,2-12H2,1H3/t14-,15-/m1/s1. The number of carbonyl (C=O) groups excluding carboxylic acids is 1. The SMILES string of the molecule is CC[C@@H]1CN(C(=O)C2(C#N)CCCC2)C[C@H]1N1CCOCC1. The first-order valence-corrected chi connectivity index (χ1v) is 8.72. The number of hydrogen-bond donors (Lipinski definition) is 0. The van der Waals surface area contributed by atoms with E-state index in [-0.39, 0.29) is 5.91 Å². The molecule has 1 amide bonds. The average molecular weight is 305 g/mol. The summed E-state index contributed by atoms with van der Waals surface area (Å²) >= 11 is 0. The van der Waals surface area contributed by atoms with Crippen LogP contribution in [0.2, 0.25) is 0 Å². The minimum atomic E-state index is -0.724. The molecular weight excluding hydrogens is 278 g/mol. The summed E-state index contributed by atoms with van der Waals surface area (Å²) in [7, 11) is 0. The van der Waals surface area contributed by atoms with Crippen LogP contribution in [-0.2, 0) is 9.53 Å². The summed E-state index contributed by atoms with van der Waals surface area (Å²) in [6.45, 7) is 7.34. The molecule has 0 spiro atoms. The monoisotopic (exact) mass is 305 g/mol. The Morgan fingerprint density at radius 2 is 1.95 bits per heavy atom. The number of rotatable bonds is 3. The number of hydrogen-bond acceptors (Lipinski definition) is 4. The highest BCUT2D eigenvalue weighted by atomic mass is 16.5. The van der Waals surface area contributed by atoms with Gasteiger partial charge in [0, 0.05) is 32.2 Å². The van der Waals surface area contributed by atoms with Crippen molar-refractivity contribution < 1.29 is 9.53 Å². The predicted octanol–water partition coefficient (Wildman–Crippen LogP) is 1.64. The van der Waals surface area contributed by atoms with Gasteiger partial charge in [0.2, 0.25) is 5.91 Å². The minimum absolute atomic E-state index is 0.0988. The second kappa shape index (κ2) is 6.55. The van der Waals surface area contributed by atoms with Crippen LogP contribution >= 0.6 is 0 Å². The molecule has 0 unspecified atom stereocenters. The molecular formula is C17H27N3O2. The van der Waals surface area contributed by atoms with Gasteiger partial charge in [-0.05, 0) is 18.8 Å². The van der Waals surface area contributed by atoms with Gasteiger partial charge in [-0.2, -0.15) is 5.26 Å². The highest BCUT2D eigenvalue weighted by molar-refractivity contribution is 5.86. The Labute approximate surface area is 133 Å². The number of carbonyl (C=O) groups is 1. The molecule has 2 heterocycles. The third-order valence-electron chi connectivity index (χ3n) is 5.81. The summed E-state index contributed by atoms with van der Waals surface area (Å²) in [5, 5.41) is 9.56. The second-order valence-electron chi connectivity index (χ2n) is 7.00. The van der Waals surface area contributed by atoms with E-state index in [0.717, 1.165) is 71.5 Å². The van der Waals surface area contributed by atoms with Crippen LogP contribution in [0.15, 0.2) is 0 Å². The molecule has 0 N–H and O–H groups in total. The van der Waals surface area contributed by atoms with Gasteiger partial charge in [0.05, 0.1) is 19.3 Å². The van der Waals surface area contributed by atoms with Gasteiger partial charge in [-0.25, -0.2) is 0 Å². The predicted molar refractivity (Wildman–Crippen MR) is 83.1 cm³/mol. The van der Waals surface area contributed by atoms with Crippen LogP contribution in [0.25, 0.3) is 0 Å². The van der Waals surface area contributed by atoms with Crippen LogP contribution in [0.4, 0.5) is 0 Å². The molecule has 0 aromatic heterocycles. The first kappa shape index (κ1) is 15.8. The maximum atomic E-state index is 13.0. The summed E-state index contributed by atoms with van der Waals surface area (Å²) in [6.07, 6.45) is 4.61. The van der Waals surface area contributed by atoms with E-state index in [1.165, 1.54) is 0 Å². The van der Waals surface area contributed by atoms with Gasteiger partial charge in [0.1, 0.15) is 5.41 Å². The Morgan fingerprint density at radius 3 is 2.55 bits per heavy atom. The summed E-state index contributed by atoms with van der Waals surface area (Å²) < 4.78 is 5.45. The Bertz CT molecular complexity index is 447. The molecule has 5 heteroatoms. The van der Waals surface area contributed by atoms with Crippen molar-refractivity contribution in [2.75, 3.05) is 39.4 Å². The van der Waals surface area contributed by atoms with Gasteiger partial charge in [-0.3, -0.25) is 9.69 Å². The van der Waals surface area contributed by atoms with Crippen LogP contribution in [0.3, 0.4) is 0 Å². The Morgan fingerprint density at radius 1 is 1.27 bits per heavy atom. The smallest absolute Gasteiger partial charge is 0.243 e. The minimum Gasteiger partial charge on any atom is -0.379 e. The molecule has 1 saturated carbocycles. The summed E-state index contributed by atoms with van der Waals surface area (Å²) in [5.41, 5.74) is -0.724. The zero-order chi connectivity index (χ0) is 15.6. The molecule has 2 saturated heterocycles. The Balaban J connectivity index is 1.70. The molecule has 1 aliphatic carbocycles. The van der Waals surface area contributed by atoms with Gasteiger partial charge in [-0.1, -0.05) is 26.2 Å². The molecule has 22 heavy (non-hydrogen) atoms. The largest absolute Gasteiger partial charge is 0.379 e. The van der Waals surface area contributed by atoms with E-state index in [9.17, 15) is 10.1 Å². The maximum Gasteiger partial charge on any atom is 0.243 e. The fraction of sp³-hybridized carbons (Fsp3) is 0.882. The number of amides is 1. The summed E-state index contributed by atoms with van der Waals surface area (Å²) in [5.74, 6) is 0.626. The normalized spacial score (nSPS) is 32.1. The average Bonchev–Trinajstić information content (AvgIpc) is 3.22. The number of likely N-dealkylation sites (tertiary alicyclic amines) is 1. The highest BCUT2D eigenvalue weighted by Crippen LogP contribution is 2.40. The zero-order valence-electron chi connectivity index (χ0n) is 13.6. The zero-order valence-corrected chi connectivity index (χ0v) is 13.6. The van der Waals surface area contributed by atoms with Crippen molar-refractivity contribution >= 4 is 5.91 Å². The lowest BCUT2D eigenvalue weighted by Gasteiger charge is -2.34. The molecule has 3 fully saturated rings. The van der Waals surface area contributed by atoms with Crippen LogP contribution in [0.1, 0.15) is 39.0 Å². The fourth-order valence-corrected chi connectivity index (χ4v) is 4.40. The van der Waals surface area contributed by atoms with Crippen molar-refractivity contribution in [1.82, 2.24) is 9.80 Å². The Hall–Kier alpha value is -1.12. The van der Waals surface area contributed by atoms with Crippen LogP contribution in [0, 0.1) is 22.7 Å². The molecule has 3 rings (SSSR count). The molecule has 2 atom stereocenters. The number of morpholine rings is 1. The molecule has 0 radical (unpaired) electrons. The maximum absolute atomic E-state index is 13.0. The van der Waals surface area contributed by atoms with E-state index in [0.29, 0.717) is 12.0 Å². The molecule has 3 aliphatic rings. The molecule has 0 aromatic carbocycles. The Kier molecular flexibility index (Phi) is 4.70. The summed E-state index contributed by atoms with van der Waals surface area (Å²) in [6, 6.07) is 2.80.